The summed E-state index contributed by atoms with van der Waals surface area (Å²) in [5.74, 6) is 1.44. The summed E-state index contributed by atoms with van der Waals surface area (Å²) < 4.78 is 0. The predicted octanol–water partition coefficient (Wildman–Crippen LogP) is 1.77. The van der Waals surface area contributed by atoms with E-state index in [1.165, 1.54) is 11.3 Å². The van der Waals surface area contributed by atoms with Crippen molar-refractivity contribution in [2.24, 2.45) is 10.9 Å². The van der Waals surface area contributed by atoms with E-state index in [9.17, 15) is 0 Å². The monoisotopic (exact) mass is 194 g/mol. The number of thiol groups is 1. The van der Waals surface area contributed by atoms with Gasteiger partial charge in [-0.05, 0) is 29.7 Å². The van der Waals surface area contributed by atoms with Gasteiger partial charge in [-0.1, -0.05) is 13.0 Å². The van der Waals surface area contributed by atoms with E-state index in [0.717, 1.165) is 12.2 Å². The van der Waals surface area contributed by atoms with Gasteiger partial charge in [0, 0.05) is 5.70 Å². The Morgan fingerprint density at radius 2 is 2.62 bits per heavy atom. The molecule has 0 fully saturated rings. The fourth-order valence-electron chi connectivity index (χ4n) is 1.64. The van der Waals surface area contributed by atoms with Crippen molar-refractivity contribution >= 4 is 19.0 Å². The van der Waals surface area contributed by atoms with Crippen molar-refractivity contribution in [3.05, 3.63) is 23.4 Å². The first kappa shape index (κ1) is 8.88. The van der Waals surface area contributed by atoms with Crippen LogP contribution in [0.25, 0.3) is 0 Å². The van der Waals surface area contributed by atoms with Crippen LogP contribution in [0.4, 0.5) is 0 Å². The van der Waals surface area contributed by atoms with Crippen LogP contribution < -0.4 is 5.32 Å². The molecule has 2 nitrogen and oxygen atoms in total. The van der Waals surface area contributed by atoms with Crippen LogP contribution in [-0.4, -0.2) is 18.1 Å². The molecular weight excluding hydrogens is 180 g/mol. The SMILES string of the molecule is CC(CS)C1=CCC2N=CNC2=C1. The Hall–Kier alpha value is -0.700. The van der Waals surface area contributed by atoms with Gasteiger partial charge >= 0.3 is 0 Å². The number of nitrogens with one attached hydrogen (secondary N) is 1. The Morgan fingerprint density at radius 3 is 3.38 bits per heavy atom. The molecule has 1 N–H and O–H groups in total. The lowest BCUT2D eigenvalue weighted by Gasteiger charge is -2.18. The standard InChI is InChI=1S/C10H14N2S/c1-7(5-13)8-2-3-9-10(4-8)12-6-11-9/h2,4,6-7,9,13H,3,5H2,1H3,(H,11,12). The Labute approximate surface area is 84.2 Å². The van der Waals surface area contributed by atoms with E-state index in [-0.39, 0.29) is 0 Å². The first-order valence-corrected chi connectivity index (χ1v) is 5.25. The minimum atomic E-state index is 0.357. The van der Waals surface area contributed by atoms with Gasteiger partial charge in [-0.3, -0.25) is 4.99 Å². The fraction of sp³-hybridized carbons (Fsp3) is 0.500. The molecule has 0 amide bonds. The van der Waals surface area contributed by atoms with E-state index >= 15 is 0 Å². The van der Waals surface area contributed by atoms with Crippen molar-refractivity contribution in [2.75, 3.05) is 5.75 Å². The summed E-state index contributed by atoms with van der Waals surface area (Å²) in [6.45, 7) is 2.20. The highest BCUT2D eigenvalue weighted by atomic mass is 32.1. The number of aliphatic imine (C=N–C) groups is 1. The Bertz CT molecular complexity index is 291. The first-order valence-electron chi connectivity index (χ1n) is 4.62. The van der Waals surface area contributed by atoms with E-state index in [2.05, 4.69) is 42.0 Å². The topological polar surface area (TPSA) is 24.4 Å². The van der Waals surface area contributed by atoms with E-state index in [1.807, 2.05) is 0 Å². The Balaban J connectivity index is 2.14. The molecule has 3 heteroatoms. The molecule has 0 spiro atoms. The van der Waals surface area contributed by atoms with Crippen LogP contribution in [0, 0.1) is 5.92 Å². The molecule has 0 bridgehead atoms. The highest BCUT2D eigenvalue weighted by molar-refractivity contribution is 7.80. The lowest BCUT2D eigenvalue weighted by Crippen LogP contribution is -2.17. The third-order valence-electron chi connectivity index (χ3n) is 2.59. The summed E-state index contributed by atoms with van der Waals surface area (Å²) in [6.07, 6.45) is 7.31. The highest BCUT2D eigenvalue weighted by Gasteiger charge is 2.21. The third-order valence-corrected chi connectivity index (χ3v) is 3.13. The summed E-state index contributed by atoms with van der Waals surface area (Å²) in [7, 11) is 0. The van der Waals surface area contributed by atoms with Crippen molar-refractivity contribution in [1.82, 2.24) is 5.32 Å². The average molecular weight is 194 g/mol. The Morgan fingerprint density at radius 1 is 1.77 bits per heavy atom. The molecule has 2 unspecified atom stereocenters. The minimum Gasteiger partial charge on any atom is -0.348 e. The molecule has 1 heterocycles. The largest absolute Gasteiger partial charge is 0.348 e. The van der Waals surface area contributed by atoms with Crippen LogP contribution in [0.2, 0.25) is 0 Å². The fourth-order valence-corrected chi connectivity index (χ4v) is 1.85. The van der Waals surface area contributed by atoms with Gasteiger partial charge in [-0.2, -0.15) is 12.6 Å². The van der Waals surface area contributed by atoms with E-state index < -0.39 is 0 Å². The molecule has 0 saturated heterocycles. The van der Waals surface area contributed by atoms with Gasteiger partial charge in [0.15, 0.2) is 0 Å². The summed E-state index contributed by atoms with van der Waals surface area (Å²) in [5, 5.41) is 3.17. The van der Waals surface area contributed by atoms with Gasteiger partial charge < -0.3 is 5.32 Å². The van der Waals surface area contributed by atoms with Crippen LogP contribution in [-0.2, 0) is 0 Å². The quantitative estimate of drug-likeness (QED) is 0.643. The molecule has 0 aromatic carbocycles. The van der Waals surface area contributed by atoms with Gasteiger partial charge in [0.2, 0.25) is 0 Å². The maximum absolute atomic E-state index is 4.31. The van der Waals surface area contributed by atoms with Gasteiger partial charge in [-0.15, -0.1) is 0 Å². The molecule has 1 aliphatic heterocycles. The van der Waals surface area contributed by atoms with Crippen LogP contribution in [0.5, 0.6) is 0 Å². The van der Waals surface area contributed by atoms with Crippen LogP contribution in [0.1, 0.15) is 13.3 Å². The zero-order valence-electron chi connectivity index (χ0n) is 7.70. The summed E-state index contributed by atoms with van der Waals surface area (Å²) in [4.78, 5) is 4.31. The van der Waals surface area contributed by atoms with Crippen LogP contribution in [0.15, 0.2) is 28.4 Å². The number of allylic oxidation sites excluding steroid dienone is 2. The maximum atomic E-state index is 4.31. The Kier molecular flexibility index (Phi) is 2.44. The van der Waals surface area contributed by atoms with Gasteiger partial charge in [0.25, 0.3) is 0 Å². The molecule has 2 rings (SSSR count). The van der Waals surface area contributed by atoms with Crippen molar-refractivity contribution in [3.63, 3.8) is 0 Å². The number of nitrogens with zero attached hydrogens (tertiary/aromatic N) is 1. The second kappa shape index (κ2) is 3.58. The summed E-state index contributed by atoms with van der Waals surface area (Å²) in [6, 6.07) is 0.357. The molecule has 1 aliphatic carbocycles. The third kappa shape index (κ3) is 1.66. The highest BCUT2D eigenvalue weighted by Crippen LogP contribution is 2.25. The normalized spacial score (nSPS) is 27.4. The molecule has 0 aromatic heterocycles. The van der Waals surface area contributed by atoms with Crippen LogP contribution in [0.3, 0.4) is 0 Å². The summed E-state index contributed by atoms with van der Waals surface area (Å²) in [5.41, 5.74) is 2.63. The van der Waals surface area contributed by atoms with E-state index in [1.54, 1.807) is 6.34 Å². The maximum Gasteiger partial charge on any atom is 0.0949 e. The molecule has 70 valence electrons. The second-order valence-corrected chi connectivity index (χ2v) is 3.93. The van der Waals surface area contributed by atoms with Crippen molar-refractivity contribution in [3.8, 4) is 0 Å². The molecular formula is C10H14N2S. The molecule has 0 saturated carbocycles. The number of hydrogen-bond donors (Lipinski definition) is 2. The van der Waals surface area contributed by atoms with Gasteiger partial charge in [-0.25, -0.2) is 0 Å². The lowest BCUT2D eigenvalue weighted by atomic mass is 9.93. The van der Waals surface area contributed by atoms with Crippen molar-refractivity contribution in [1.29, 1.82) is 0 Å². The van der Waals surface area contributed by atoms with Gasteiger partial charge in [0.1, 0.15) is 0 Å². The van der Waals surface area contributed by atoms with Gasteiger partial charge in [0.05, 0.1) is 12.4 Å². The molecule has 2 aliphatic rings. The summed E-state index contributed by atoms with van der Waals surface area (Å²) >= 11 is 4.30. The minimum absolute atomic E-state index is 0.357. The van der Waals surface area contributed by atoms with Crippen LogP contribution >= 0.6 is 12.6 Å². The first-order chi connectivity index (χ1) is 6.31. The lowest BCUT2D eigenvalue weighted by molar-refractivity contribution is 0.729. The second-order valence-electron chi connectivity index (χ2n) is 3.56. The van der Waals surface area contributed by atoms with E-state index in [0.29, 0.717) is 12.0 Å². The van der Waals surface area contributed by atoms with Crippen molar-refractivity contribution in [2.45, 2.75) is 19.4 Å². The average Bonchev–Trinajstić information content (AvgIpc) is 2.63. The number of fused-ring (bicyclic) bond motifs is 1. The smallest absolute Gasteiger partial charge is 0.0949 e. The number of rotatable bonds is 2. The molecule has 2 atom stereocenters. The zero-order chi connectivity index (χ0) is 9.26. The molecule has 0 aromatic rings. The van der Waals surface area contributed by atoms with E-state index in [4.69, 9.17) is 0 Å². The molecule has 13 heavy (non-hydrogen) atoms. The predicted molar refractivity (Wildman–Crippen MR) is 59.2 cm³/mol. The zero-order valence-corrected chi connectivity index (χ0v) is 8.59. The molecule has 0 radical (unpaired) electrons. The number of hydrogen-bond acceptors (Lipinski definition) is 3. The van der Waals surface area contributed by atoms with Crippen molar-refractivity contribution < 1.29 is 0 Å².